The zero-order valence-corrected chi connectivity index (χ0v) is 11.9. The highest BCUT2D eigenvalue weighted by Crippen LogP contribution is 2.23. The minimum absolute atomic E-state index is 0.0422. The average Bonchev–Trinajstić information content (AvgIpc) is 2.36. The van der Waals surface area contributed by atoms with Crippen LogP contribution in [0.4, 0.5) is 5.95 Å². The number of nitrogens with two attached hydrogens (primary N) is 1. The molecule has 0 radical (unpaired) electrons. The highest BCUT2D eigenvalue weighted by molar-refractivity contribution is 14.1. The molecule has 0 fully saturated rings. The highest BCUT2D eigenvalue weighted by atomic mass is 127. The van der Waals surface area contributed by atoms with E-state index in [2.05, 4.69) is 16.9 Å². The Morgan fingerprint density at radius 1 is 1.39 bits per heavy atom. The molecule has 0 spiro atoms. The van der Waals surface area contributed by atoms with Crippen molar-refractivity contribution in [1.82, 2.24) is 9.97 Å². The van der Waals surface area contributed by atoms with E-state index in [0.717, 1.165) is 6.42 Å². The molecule has 2 rings (SSSR count). The maximum atomic E-state index is 11.5. The first-order valence-corrected chi connectivity index (χ1v) is 6.50. The number of benzene rings is 1. The fourth-order valence-corrected chi connectivity index (χ4v) is 1.79. The van der Waals surface area contributed by atoms with Gasteiger partial charge in [0.15, 0.2) is 0 Å². The summed E-state index contributed by atoms with van der Waals surface area (Å²) in [6.45, 7) is 2.08. The van der Waals surface area contributed by atoms with Gasteiger partial charge in [-0.05, 0) is 46.7 Å². The molecule has 5 nitrogen and oxygen atoms in total. The summed E-state index contributed by atoms with van der Waals surface area (Å²) in [7, 11) is 0. The van der Waals surface area contributed by atoms with E-state index in [1.807, 2.05) is 46.9 Å². The second-order valence-corrected chi connectivity index (χ2v) is 4.75. The molecule has 1 heterocycles. The summed E-state index contributed by atoms with van der Waals surface area (Å²) < 4.78 is 5.93. The van der Waals surface area contributed by atoms with Gasteiger partial charge in [0.2, 0.25) is 11.8 Å². The Kier molecular flexibility index (Phi) is 3.85. The van der Waals surface area contributed by atoms with Gasteiger partial charge in [0, 0.05) is 0 Å². The van der Waals surface area contributed by atoms with Crippen LogP contribution in [0.25, 0.3) is 0 Å². The van der Waals surface area contributed by atoms with Crippen LogP contribution in [-0.2, 0) is 6.42 Å². The van der Waals surface area contributed by atoms with Gasteiger partial charge in [-0.2, -0.15) is 4.98 Å². The summed E-state index contributed by atoms with van der Waals surface area (Å²) >= 11 is 1.88. The maximum absolute atomic E-state index is 11.5. The van der Waals surface area contributed by atoms with Gasteiger partial charge >= 0.3 is 0 Å². The van der Waals surface area contributed by atoms with Crippen molar-refractivity contribution in [3.05, 3.63) is 43.8 Å². The van der Waals surface area contributed by atoms with E-state index in [4.69, 9.17) is 10.5 Å². The first-order chi connectivity index (χ1) is 8.60. The number of H-pyrrole nitrogens is 1. The summed E-state index contributed by atoms with van der Waals surface area (Å²) in [4.78, 5) is 17.9. The standard InChI is InChI=1S/C12H12IN3O2/c1-2-7-3-5-8(6-4-7)18-11-9(13)10(17)15-12(14)16-11/h3-6H,2H2,1H3,(H3,14,15,16,17). The minimum Gasteiger partial charge on any atom is -0.438 e. The van der Waals surface area contributed by atoms with Crippen molar-refractivity contribution < 1.29 is 4.74 Å². The van der Waals surface area contributed by atoms with Gasteiger partial charge in [0.25, 0.3) is 5.56 Å². The third-order valence-corrected chi connectivity index (χ3v) is 3.35. The van der Waals surface area contributed by atoms with Crippen molar-refractivity contribution >= 4 is 28.5 Å². The monoisotopic (exact) mass is 357 g/mol. The van der Waals surface area contributed by atoms with Crippen LogP contribution in [-0.4, -0.2) is 9.97 Å². The van der Waals surface area contributed by atoms with Crippen molar-refractivity contribution in [2.45, 2.75) is 13.3 Å². The van der Waals surface area contributed by atoms with Crippen LogP contribution < -0.4 is 16.0 Å². The van der Waals surface area contributed by atoms with E-state index in [1.165, 1.54) is 5.56 Å². The summed E-state index contributed by atoms with van der Waals surface area (Å²) in [5.74, 6) is 0.893. The van der Waals surface area contributed by atoms with E-state index in [9.17, 15) is 4.79 Å². The lowest BCUT2D eigenvalue weighted by Crippen LogP contribution is -2.15. The van der Waals surface area contributed by atoms with Crippen LogP contribution in [0.3, 0.4) is 0 Å². The van der Waals surface area contributed by atoms with Crippen molar-refractivity contribution in [2.75, 3.05) is 5.73 Å². The Balaban J connectivity index is 2.30. The highest BCUT2D eigenvalue weighted by Gasteiger charge is 2.09. The molecule has 0 atom stereocenters. The molecule has 0 unspecified atom stereocenters. The van der Waals surface area contributed by atoms with Crippen LogP contribution in [0.5, 0.6) is 11.6 Å². The molecule has 2 aromatic rings. The number of nitrogen functional groups attached to an aromatic ring is 1. The van der Waals surface area contributed by atoms with Gasteiger partial charge in [-0.25, -0.2) is 0 Å². The average molecular weight is 357 g/mol. The van der Waals surface area contributed by atoms with E-state index >= 15 is 0 Å². The predicted molar refractivity (Wildman–Crippen MR) is 77.9 cm³/mol. The fourth-order valence-electron chi connectivity index (χ4n) is 1.43. The molecule has 0 aliphatic rings. The van der Waals surface area contributed by atoms with Gasteiger partial charge in [-0.3, -0.25) is 9.78 Å². The molecule has 0 amide bonds. The third-order valence-electron chi connectivity index (χ3n) is 2.40. The first kappa shape index (κ1) is 12.9. The summed E-state index contributed by atoms with van der Waals surface area (Å²) in [6, 6.07) is 7.62. The van der Waals surface area contributed by atoms with E-state index < -0.39 is 0 Å². The molecule has 94 valence electrons. The number of hydrogen-bond acceptors (Lipinski definition) is 4. The van der Waals surface area contributed by atoms with Crippen LogP contribution in [0.2, 0.25) is 0 Å². The second kappa shape index (κ2) is 5.38. The Bertz CT molecular complexity index is 608. The summed E-state index contributed by atoms with van der Waals surface area (Å²) in [5, 5.41) is 0. The Morgan fingerprint density at radius 2 is 2.06 bits per heavy atom. The molecule has 0 saturated heterocycles. The number of hydrogen-bond donors (Lipinski definition) is 2. The summed E-state index contributed by atoms with van der Waals surface area (Å²) in [5.41, 5.74) is 6.39. The van der Waals surface area contributed by atoms with Gasteiger partial charge in [-0.15, -0.1) is 0 Å². The lowest BCUT2D eigenvalue weighted by Gasteiger charge is -2.07. The lowest BCUT2D eigenvalue weighted by atomic mass is 10.2. The maximum Gasteiger partial charge on any atom is 0.269 e. The number of rotatable bonds is 3. The Labute approximate surface area is 118 Å². The van der Waals surface area contributed by atoms with Crippen molar-refractivity contribution in [2.24, 2.45) is 0 Å². The zero-order valence-electron chi connectivity index (χ0n) is 9.74. The molecular formula is C12H12IN3O2. The van der Waals surface area contributed by atoms with Crippen LogP contribution >= 0.6 is 22.6 Å². The van der Waals surface area contributed by atoms with Gasteiger partial charge in [-0.1, -0.05) is 19.1 Å². The zero-order chi connectivity index (χ0) is 13.1. The molecule has 0 aliphatic carbocycles. The van der Waals surface area contributed by atoms with Gasteiger partial charge in [0.1, 0.15) is 9.32 Å². The SMILES string of the molecule is CCc1ccc(Oc2nc(N)[nH]c(=O)c2I)cc1. The van der Waals surface area contributed by atoms with Gasteiger partial charge in [0.05, 0.1) is 0 Å². The topological polar surface area (TPSA) is 81.0 Å². The third kappa shape index (κ3) is 2.81. The molecule has 3 N–H and O–H groups in total. The second-order valence-electron chi connectivity index (χ2n) is 3.67. The summed E-state index contributed by atoms with van der Waals surface area (Å²) in [6.07, 6.45) is 0.966. The number of nitrogens with zero attached hydrogens (tertiary/aromatic N) is 1. The molecule has 6 heteroatoms. The molecule has 18 heavy (non-hydrogen) atoms. The van der Waals surface area contributed by atoms with Crippen molar-refractivity contribution in [3.63, 3.8) is 0 Å². The molecule has 0 bridgehead atoms. The normalized spacial score (nSPS) is 10.3. The largest absolute Gasteiger partial charge is 0.438 e. The number of nitrogens with one attached hydrogen (secondary N) is 1. The van der Waals surface area contributed by atoms with Crippen LogP contribution in [0, 0.1) is 3.57 Å². The quantitative estimate of drug-likeness (QED) is 0.827. The smallest absolute Gasteiger partial charge is 0.269 e. The lowest BCUT2D eigenvalue weighted by molar-refractivity contribution is 0.457. The molecule has 1 aromatic heterocycles. The molecule has 1 aromatic carbocycles. The van der Waals surface area contributed by atoms with Crippen LogP contribution in [0.1, 0.15) is 12.5 Å². The Morgan fingerprint density at radius 3 is 2.67 bits per heavy atom. The van der Waals surface area contributed by atoms with E-state index in [0.29, 0.717) is 9.32 Å². The number of anilines is 1. The minimum atomic E-state index is -0.303. The number of aromatic amines is 1. The fraction of sp³-hybridized carbons (Fsp3) is 0.167. The Hall–Kier alpha value is -1.57. The molecule has 0 aliphatic heterocycles. The first-order valence-electron chi connectivity index (χ1n) is 5.42. The number of ether oxygens (including phenoxy) is 1. The van der Waals surface area contributed by atoms with Crippen LogP contribution in [0.15, 0.2) is 29.1 Å². The van der Waals surface area contributed by atoms with Gasteiger partial charge < -0.3 is 10.5 Å². The van der Waals surface area contributed by atoms with Crippen molar-refractivity contribution in [3.8, 4) is 11.6 Å². The molecule has 0 saturated carbocycles. The number of aromatic nitrogens is 2. The number of halogens is 1. The molecular weight excluding hydrogens is 345 g/mol. The van der Waals surface area contributed by atoms with E-state index in [1.54, 1.807) is 0 Å². The van der Waals surface area contributed by atoms with Crippen molar-refractivity contribution in [1.29, 1.82) is 0 Å². The predicted octanol–water partition coefficient (Wildman–Crippen LogP) is 2.31. The number of aryl methyl sites for hydroxylation is 1. The van der Waals surface area contributed by atoms with E-state index in [-0.39, 0.29) is 17.4 Å².